The van der Waals surface area contributed by atoms with Crippen molar-refractivity contribution in [1.82, 2.24) is 10.3 Å². The second kappa shape index (κ2) is 4.29. The molecular formula is C11H17N3O. The maximum Gasteiger partial charge on any atom is 0.253 e. The van der Waals surface area contributed by atoms with Crippen molar-refractivity contribution in [2.75, 3.05) is 12.4 Å². The van der Waals surface area contributed by atoms with Gasteiger partial charge in [-0.15, -0.1) is 0 Å². The second-order valence-corrected chi connectivity index (χ2v) is 4.38. The van der Waals surface area contributed by atoms with Gasteiger partial charge < -0.3 is 10.6 Å². The zero-order chi connectivity index (χ0) is 11.5. The summed E-state index contributed by atoms with van der Waals surface area (Å²) in [5.74, 6) is -0.0887. The lowest BCUT2D eigenvalue weighted by molar-refractivity contribution is 0.0920. The van der Waals surface area contributed by atoms with E-state index in [0.29, 0.717) is 5.56 Å². The fraction of sp³-hybridized carbons (Fsp3) is 0.455. The van der Waals surface area contributed by atoms with E-state index in [-0.39, 0.29) is 11.4 Å². The fourth-order valence-electron chi connectivity index (χ4n) is 1.20. The number of nitrogens with one attached hydrogen (secondary N) is 2. The first-order valence-electron chi connectivity index (χ1n) is 4.88. The molecule has 0 saturated carbocycles. The monoisotopic (exact) mass is 207 g/mol. The van der Waals surface area contributed by atoms with Crippen molar-refractivity contribution in [1.29, 1.82) is 0 Å². The lowest BCUT2D eigenvalue weighted by Gasteiger charge is -2.21. The first kappa shape index (κ1) is 11.5. The van der Waals surface area contributed by atoms with Crippen molar-refractivity contribution >= 4 is 11.6 Å². The highest BCUT2D eigenvalue weighted by atomic mass is 16.1. The van der Waals surface area contributed by atoms with Crippen LogP contribution in [0.1, 0.15) is 31.1 Å². The molecule has 0 aromatic carbocycles. The van der Waals surface area contributed by atoms with Crippen molar-refractivity contribution in [3.63, 3.8) is 0 Å². The molecule has 0 saturated heterocycles. The van der Waals surface area contributed by atoms with Gasteiger partial charge in [-0.25, -0.2) is 0 Å². The minimum atomic E-state index is -0.231. The summed E-state index contributed by atoms with van der Waals surface area (Å²) >= 11 is 0. The second-order valence-electron chi connectivity index (χ2n) is 4.38. The first-order valence-corrected chi connectivity index (χ1v) is 4.88. The minimum absolute atomic E-state index is 0.0887. The molecule has 1 rings (SSSR count). The summed E-state index contributed by atoms with van der Waals surface area (Å²) in [6, 6.07) is 1.70. The predicted molar refractivity (Wildman–Crippen MR) is 61.0 cm³/mol. The van der Waals surface area contributed by atoms with Crippen LogP contribution >= 0.6 is 0 Å². The molecule has 0 bridgehead atoms. The molecular weight excluding hydrogens is 190 g/mol. The van der Waals surface area contributed by atoms with Crippen LogP contribution in [0.25, 0.3) is 0 Å². The zero-order valence-electron chi connectivity index (χ0n) is 9.59. The number of carbonyl (C=O) groups is 1. The molecule has 1 heterocycles. The van der Waals surface area contributed by atoms with E-state index in [4.69, 9.17) is 0 Å². The Kier molecular flexibility index (Phi) is 3.29. The highest BCUT2D eigenvalue weighted by Gasteiger charge is 2.17. The van der Waals surface area contributed by atoms with Crippen molar-refractivity contribution in [2.24, 2.45) is 0 Å². The van der Waals surface area contributed by atoms with Crippen LogP contribution in [0.3, 0.4) is 0 Å². The number of pyridine rings is 1. The highest BCUT2D eigenvalue weighted by molar-refractivity contribution is 5.99. The van der Waals surface area contributed by atoms with E-state index in [9.17, 15) is 4.79 Å². The summed E-state index contributed by atoms with van der Waals surface area (Å²) in [5.41, 5.74) is 1.12. The number of nitrogens with zero attached hydrogens (tertiary/aromatic N) is 1. The van der Waals surface area contributed by atoms with Gasteiger partial charge in [0.2, 0.25) is 0 Å². The van der Waals surface area contributed by atoms with Crippen LogP contribution in [0.15, 0.2) is 18.5 Å². The lowest BCUT2D eigenvalue weighted by Crippen LogP contribution is -2.40. The summed E-state index contributed by atoms with van der Waals surface area (Å²) in [6.45, 7) is 5.85. The van der Waals surface area contributed by atoms with Crippen molar-refractivity contribution in [3.05, 3.63) is 24.0 Å². The summed E-state index contributed by atoms with van der Waals surface area (Å²) in [5, 5.41) is 5.84. The van der Waals surface area contributed by atoms with Crippen LogP contribution < -0.4 is 10.6 Å². The maximum absolute atomic E-state index is 11.9. The van der Waals surface area contributed by atoms with E-state index in [1.165, 1.54) is 0 Å². The predicted octanol–water partition coefficient (Wildman–Crippen LogP) is 1.65. The van der Waals surface area contributed by atoms with E-state index in [1.54, 1.807) is 25.5 Å². The van der Waals surface area contributed by atoms with Gasteiger partial charge in [0.1, 0.15) is 0 Å². The highest BCUT2D eigenvalue weighted by Crippen LogP contribution is 2.13. The van der Waals surface area contributed by atoms with Gasteiger partial charge in [0, 0.05) is 18.8 Å². The molecule has 1 aromatic heterocycles. The largest absolute Gasteiger partial charge is 0.386 e. The normalized spacial score (nSPS) is 10.9. The van der Waals surface area contributed by atoms with Gasteiger partial charge in [0.25, 0.3) is 5.91 Å². The Morgan fingerprint density at radius 3 is 2.60 bits per heavy atom. The SMILES string of the molecule is CNc1cnccc1C(=O)NC(C)(C)C. The van der Waals surface area contributed by atoms with Crippen LogP contribution in [0.5, 0.6) is 0 Å². The van der Waals surface area contributed by atoms with Gasteiger partial charge in [-0.3, -0.25) is 9.78 Å². The van der Waals surface area contributed by atoms with Crippen molar-refractivity contribution < 1.29 is 4.79 Å². The number of hydrogen-bond acceptors (Lipinski definition) is 3. The third-order valence-electron chi connectivity index (χ3n) is 1.82. The van der Waals surface area contributed by atoms with Crippen molar-refractivity contribution in [2.45, 2.75) is 26.3 Å². The van der Waals surface area contributed by atoms with E-state index in [0.717, 1.165) is 5.69 Å². The number of rotatable bonds is 2. The smallest absolute Gasteiger partial charge is 0.253 e. The summed E-state index contributed by atoms with van der Waals surface area (Å²) in [6.07, 6.45) is 3.25. The average molecular weight is 207 g/mol. The maximum atomic E-state index is 11.9. The number of aromatic nitrogens is 1. The molecule has 4 nitrogen and oxygen atoms in total. The summed E-state index contributed by atoms with van der Waals surface area (Å²) in [4.78, 5) is 15.8. The molecule has 0 spiro atoms. The third-order valence-corrected chi connectivity index (χ3v) is 1.82. The average Bonchev–Trinajstić information content (AvgIpc) is 2.15. The van der Waals surface area contributed by atoms with Gasteiger partial charge in [-0.2, -0.15) is 0 Å². The fourth-order valence-corrected chi connectivity index (χ4v) is 1.20. The van der Waals surface area contributed by atoms with E-state index in [2.05, 4.69) is 15.6 Å². The molecule has 4 heteroatoms. The Morgan fingerprint density at radius 2 is 2.07 bits per heavy atom. The van der Waals surface area contributed by atoms with E-state index >= 15 is 0 Å². The Morgan fingerprint density at radius 1 is 1.40 bits per heavy atom. The van der Waals surface area contributed by atoms with Crippen LogP contribution in [0.4, 0.5) is 5.69 Å². The zero-order valence-corrected chi connectivity index (χ0v) is 9.59. The molecule has 0 radical (unpaired) electrons. The molecule has 0 aliphatic rings. The standard InChI is InChI=1S/C11H17N3O/c1-11(2,3)14-10(15)8-5-6-13-7-9(8)12-4/h5-7,12H,1-4H3,(H,14,15). The molecule has 2 N–H and O–H groups in total. The number of amides is 1. The molecule has 82 valence electrons. The van der Waals surface area contributed by atoms with Crippen LogP contribution in [0.2, 0.25) is 0 Å². The summed E-state index contributed by atoms with van der Waals surface area (Å²) < 4.78 is 0. The van der Waals surface area contributed by atoms with Crippen LogP contribution in [0, 0.1) is 0 Å². The van der Waals surface area contributed by atoms with Gasteiger partial charge in [0.15, 0.2) is 0 Å². The molecule has 0 unspecified atom stereocenters. The number of carbonyl (C=O) groups excluding carboxylic acids is 1. The molecule has 1 aromatic rings. The molecule has 0 fully saturated rings. The first-order chi connectivity index (χ1) is 6.94. The lowest BCUT2D eigenvalue weighted by atomic mass is 10.1. The Labute approximate surface area is 90.1 Å². The molecule has 0 aliphatic carbocycles. The van der Waals surface area contributed by atoms with Gasteiger partial charge in [0.05, 0.1) is 17.4 Å². The van der Waals surface area contributed by atoms with Gasteiger partial charge >= 0.3 is 0 Å². The number of anilines is 1. The molecule has 0 aliphatic heterocycles. The Hall–Kier alpha value is -1.58. The Balaban J connectivity index is 2.91. The number of hydrogen-bond donors (Lipinski definition) is 2. The summed E-state index contributed by atoms with van der Waals surface area (Å²) in [7, 11) is 1.77. The minimum Gasteiger partial charge on any atom is -0.386 e. The van der Waals surface area contributed by atoms with Crippen molar-refractivity contribution in [3.8, 4) is 0 Å². The Bertz CT molecular complexity index is 355. The topological polar surface area (TPSA) is 54.0 Å². The van der Waals surface area contributed by atoms with Crippen LogP contribution in [-0.2, 0) is 0 Å². The van der Waals surface area contributed by atoms with E-state index in [1.807, 2.05) is 20.8 Å². The molecule has 0 atom stereocenters. The molecule has 1 amide bonds. The van der Waals surface area contributed by atoms with Gasteiger partial charge in [-0.1, -0.05) is 0 Å². The van der Waals surface area contributed by atoms with E-state index < -0.39 is 0 Å². The molecule has 15 heavy (non-hydrogen) atoms. The van der Waals surface area contributed by atoms with Crippen LogP contribution in [-0.4, -0.2) is 23.5 Å². The van der Waals surface area contributed by atoms with Gasteiger partial charge in [-0.05, 0) is 26.8 Å². The quantitative estimate of drug-likeness (QED) is 0.775. The third kappa shape index (κ3) is 3.23.